The summed E-state index contributed by atoms with van der Waals surface area (Å²) in [6, 6.07) is 12.5. The van der Waals surface area contributed by atoms with Gasteiger partial charge >= 0.3 is 0 Å². The first kappa shape index (κ1) is 24.8. The molecule has 4 heteroatoms. The average molecular weight is 483 g/mol. The van der Waals surface area contributed by atoms with E-state index in [0.29, 0.717) is 5.71 Å². The largest absolute Gasteiger partial charge is 0.378 e. The van der Waals surface area contributed by atoms with Gasteiger partial charge in [-0.2, -0.15) is 0 Å². The molecule has 0 spiro atoms. The number of Topliss-reactive ketones (excluding diaryl/α,β-unsaturated/α-hetero) is 1. The molecule has 0 bridgehead atoms. The third-order valence-corrected chi connectivity index (χ3v) is 8.56. The number of ketones is 1. The zero-order valence-corrected chi connectivity index (χ0v) is 23.3. The van der Waals surface area contributed by atoms with Crippen molar-refractivity contribution in [2.45, 2.75) is 96.5 Å². The molecule has 0 amide bonds. The summed E-state index contributed by atoms with van der Waals surface area (Å²) in [5.41, 5.74) is 4.44. The molecule has 0 radical (unpaired) electrons. The van der Waals surface area contributed by atoms with Gasteiger partial charge in [0.05, 0.1) is 11.4 Å². The van der Waals surface area contributed by atoms with Crippen molar-refractivity contribution in [3.63, 3.8) is 0 Å². The monoisotopic (exact) mass is 482 g/mol. The summed E-state index contributed by atoms with van der Waals surface area (Å²) >= 11 is 0. The second kappa shape index (κ2) is 7.13. The molecule has 36 heavy (non-hydrogen) atoms. The van der Waals surface area contributed by atoms with E-state index in [4.69, 9.17) is 9.98 Å². The van der Waals surface area contributed by atoms with Crippen molar-refractivity contribution in [2.75, 3.05) is 0 Å². The van der Waals surface area contributed by atoms with Crippen LogP contribution in [0.4, 0.5) is 11.4 Å². The predicted molar refractivity (Wildman–Crippen MR) is 149 cm³/mol. The Kier molecular flexibility index (Phi) is 4.92. The minimum Gasteiger partial charge on any atom is -0.378 e. The van der Waals surface area contributed by atoms with Crippen molar-refractivity contribution in [1.82, 2.24) is 0 Å². The fraction of sp³-hybridized carbons (Fsp3) is 0.469. The van der Waals surface area contributed by atoms with Gasteiger partial charge in [0.2, 0.25) is 5.78 Å². The van der Waals surface area contributed by atoms with Crippen LogP contribution in [0, 0.1) is 0 Å². The summed E-state index contributed by atoms with van der Waals surface area (Å²) in [4.78, 5) is 23.6. The Hall–Kier alpha value is -2.85. The Labute approximate surface area is 215 Å². The van der Waals surface area contributed by atoms with Crippen LogP contribution in [0.2, 0.25) is 0 Å². The van der Waals surface area contributed by atoms with E-state index in [1.165, 1.54) is 11.1 Å². The Morgan fingerprint density at radius 2 is 1.25 bits per heavy atom. The second-order valence-electron chi connectivity index (χ2n) is 13.8. The van der Waals surface area contributed by atoms with Gasteiger partial charge in [0.15, 0.2) is 0 Å². The molecule has 0 saturated heterocycles. The minimum absolute atomic E-state index is 0.0102. The van der Waals surface area contributed by atoms with Gasteiger partial charge in [0.1, 0.15) is 17.0 Å². The van der Waals surface area contributed by atoms with Crippen LogP contribution in [-0.4, -0.2) is 27.9 Å². The van der Waals surface area contributed by atoms with Crippen LogP contribution in [0.15, 0.2) is 58.0 Å². The van der Waals surface area contributed by atoms with Crippen molar-refractivity contribution >= 4 is 28.6 Å². The number of aliphatic hydroxyl groups is 1. The summed E-state index contributed by atoms with van der Waals surface area (Å²) in [6.07, 6.45) is 1.88. The molecule has 5 rings (SSSR count). The number of carbonyl (C=O) groups is 1. The lowest BCUT2D eigenvalue weighted by Gasteiger charge is -2.49. The van der Waals surface area contributed by atoms with Gasteiger partial charge in [-0.15, -0.1) is 0 Å². The molecule has 2 aliphatic heterocycles. The number of rotatable bonds is 0. The first-order valence-corrected chi connectivity index (χ1v) is 12.9. The number of fused-ring (bicyclic) bond motifs is 4. The van der Waals surface area contributed by atoms with Crippen LogP contribution < -0.4 is 0 Å². The van der Waals surface area contributed by atoms with Crippen molar-refractivity contribution in [1.29, 1.82) is 0 Å². The molecule has 0 fully saturated rings. The maximum Gasteiger partial charge on any atom is 0.229 e. The fourth-order valence-electron chi connectivity index (χ4n) is 5.75. The molecule has 3 aliphatic rings. The molecule has 2 heterocycles. The normalized spacial score (nSPS) is 24.0. The number of benzene rings is 2. The van der Waals surface area contributed by atoms with Crippen LogP contribution in [-0.2, 0) is 26.5 Å². The topological polar surface area (TPSA) is 62.0 Å². The third kappa shape index (κ3) is 3.26. The van der Waals surface area contributed by atoms with E-state index in [1.807, 2.05) is 32.1 Å². The molecular formula is C32H38N2O2. The zero-order chi connectivity index (χ0) is 26.6. The van der Waals surface area contributed by atoms with Gasteiger partial charge in [-0.1, -0.05) is 93.5 Å². The summed E-state index contributed by atoms with van der Waals surface area (Å²) in [5, 5.41) is 12.3. The molecule has 2 aromatic carbocycles. The fourth-order valence-corrected chi connectivity index (χ4v) is 5.75. The van der Waals surface area contributed by atoms with Crippen LogP contribution in [0.3, 0.4) is 0 Å². The van der Waals surface area contributed by atoms with E-state index >= 15 is 0 Å². The third-order valence-electron chi connectivity index (χ3n) is 8.56. The molecule has 1 aliphatic carbocycles. The van der Waals surface area contributed by atoms with Crippen molar-refractivity contribution in [3.05, 3.63) is 70.3 Å². The lowest BCUT2D eigenvalue weighted by molar-refractivity contribution is -0.108. The smallest absolute Gasteiger partial charge is 0.229 e. The highest BCUT2D eigenvalue weighted by atomic mass is 16.3. The minimum atomic E-state index is -1.54. The SMILES string of the molecule is CC(C)(C)c1ccc2c(c1)C(C)(C)C1=C[C@]3(O)C(=Nc4ccc(C(C)(C)C)cc4C3(C)C)C(=O)C1=N2. The first-order valence-electron chi connectivity index (χ1n) is 12.9. The maximum absolute atomic E-state index is 14.0. The molecular weight excluding hydrogens is 444 g/mol. The zero-order valence-electron chi connectivity index (χ0n) is 23.3. The first-order chi connectivity index (χ1) is 16.4. The summed E-state index contributed by atoms with van der Waals surface area (Å²) in [7, 11) is 0. The quantitative estimate of drug-likeness (QED) is 0.442. The standard InChI is InChI=1S/C32H38N2O2/c1-28(2,3)18-11-13-23-20(15-18)30(7,8)22-17-32(36)27(26(35)25(22)33-23)34-24-14-12-19(29(4,5)6)16-21(24)31(32,9)10/h11-17,36H,1-10H3/t32-/m0/s1. The Morgan fingerprint density at radius 3 is 1.78 bits per heavy atom. The molecule has 2 aromatic rings. The van der Waals surface area contributed by atoms with Crippen LogP contribution in [0.5, 0.6) is 0 Å². The molecule has 188 valence electrons. The molecule has 0 saturated carbocycles. The van der Waals surface area contributed by atoms with Crippen LogP contribution >= 0.6 is 0 Å². The van der Waals surface area contributed by atoms with E-state index in [1.54, 1.807) is 0 Å². The van der Waals surface area contributed by atoms with Crippen LogP contribution in [0.1, 0.15) is 91.5 Å². The molecule has 1 atom stereocenters. The van der Waals surface area contributed by atoms with Gasteiger partial charge in [0, 0.05) is 10.8 Å². The number of carbonyl (C=O) groups excluding carboxylic acids is 1. The van der Waals surface area contributed by atoms with E-state index in [0.717, 1.165) is 28.1 Å². The summed E-state index contributed by atoms with van der Waals surface area (Å²) in [6.45, 7) is 21.4. The van der Waals surface area contributed by atoms with Crippen molar-refractivity contribution in [2.24, 2.45) is 9.98 Å². The van der Waals surface area contributed by atoms with Gasteiger partial charge in [-0.25, -0.2) is 9.98 Å². The van der Waals surface area contributed by atoms with Gasteiger partial charge in [-0.05, 0) is 56.9 Å². The van der Waals surface area contributed by atoms with Crippen molar-refractivity contribution in [3.8, 4) is 0 Å². The molecule has 4 nitrogen and oxygen atoms in total. The lowest BCUT2D eigenvalue weighted by Crippen LogP contribution is -2.61. The summed E-state index contributed by atoms with van der Waals surface area (Å²) < 4.78 is 0. The van der Waals surface area contributed by atoms with Gasteiger partial charge in [-0.3, -0.25) is 4.79 Å². The molecule has 0 unspecified atom stereocenters. The van der Waals surface area contributed by atoms with Crippen LogP contribution in [0.25, 0.3) is 0 Å². The highest BCUT2D eigenvalue weighted by Gasteiger charge is 2.58. The highest BCUT2D eigenvalue weighted by molar-refractivity contribution is 6.73. The van der Waals surface area contributed by atoms with E-state index < -0.39 is 16.4 Å². The van der Waals surface area contributed by atoms with Gasteiger partial charge in [0.25, 0.3) is 0 Å². The number of aliphatic imine (C=N–C) groups is 2. The second-order valence-corrected chi connectivity index (χ2v) is 13.8. The molecule has 1 N–H and O–H groups in total. The van der Waals surface area contributed by atoms with E-state index in [9.17, 15) is 9.90 Å². The number of hydrogen-bond donors (Lipinski definition) is 1. The van der Waals surface area contributed by atoms with Crippen molar-refractivity contribution < 1.29 is 9.90 Å². The Morgan fingerprint density at radius 1 is 0.750 bits per heavy atom. The van der Waals surface area contributed by atoms with E-state index in [2.05, 4.69) is 79.7 Å². The van der Waals surface area contributed by atoms with E-state index in [-0.39, 0.29) is 22.3 Å². The number of hydrogen-bond acceptors (Lipinski definition) is 4. The molecule has 0 aromatic heterocycles. The predicted octanol–water partition coefficient (Wildman–Crippen LogP) is 6.95. The maximum atomic E-state index is 14.0. The Bertz CT molecular complexity index is 1420. The Balaban J connectivity index is 1.76. The summed E-state index contributed by atoms with van der Waals surface area (Å²) in [5.74, 6) is -0.285. The number of allylic oxidation sites excluding steroid dienone is 1. The highest BCUT2D eigenvalue weighted by Crippen LogP contribution is 2.53. The lowest BCUT2D eigenvalue weighted by atomic mass is 9.58. The average Bonchev–Trinajstić information content (AvgIpc) is 2.75. The number of nitrogens with zero attached hydrogens (tertiary/aromatic N) is 2. The van der Waals surface area contributed by atoms with Gasteiger partial charge < -0.3 is 5.11 Å².